The molecule has 0 aliphatic heterocycles. The van der Waals surface area contributed by atoms with E-state index in [1.165, 1.54) is 0 Å². The first-order valence-corrected chi connectivity index (χ1v) is 4.21. The SMILES string of the molecule is Cc1noc(C)c1CCC(C)O. The molecule has 0 saturated carbocycles. The standard InChI is InChI=1S/C9H15NO2/c1-6(11)4-5-9-7(2)10-12-8(9)3/h6,11H,4-5H2,1-3H3. The number of aliphatic hydroxyl groups excluding tert-OH is 1. The van der Waals surface area contributed by atoms with Gasteiger partial charge in [-0.1, -0.05) is 5.16 Å². The number of hydrogen-bond acceptors (Lipinski definition) is 3. The van der Waals surface area contributed by atoms with Crippen molar-refractivity contribution in [2.75, 3.05) is 0 Å². The summed E-state index contributed by atoms with van der Waals surface area (Å²) in [6, 6.07) is 0. The zero-order valence-corrected chi connectivity index (χ0v) is 7.79. The summed E-state index contributed by atoms with van der Waals surface area (Å²) in [6.45, 7) is 5.61. The van der Waals surface area contributed by atoms with Crippen LogP contribution in [0.4, 0.5) is 0 Å². The second-order valence-corrected chi connectivity index (χ2v) is 3.19. The van der Waals surface area contributed by atoms with E-state index in [1.807, 2.05) is 13.8 Å². The van der Waals surface area contributed by atoms with Crippen molar-refractivity contribution in [1.82, 2.24) is 5.16 Å². The number of hydrogen-bond donors (Lipinski definition) is 1. The lowest BCUT2D eigenvalue weighted by Crippen LogP contribution is -2.02. The van der Waals surface area contributed by atoms with E-state index in [-0.39, 0.29) is 6.10 Å². The largest absolute Gasteiger partial charge is 0.393 e. The van der Waals surface area contributed by atoms with Crippen LogP contribution >= 0.6 is 0 Å². The molecule has 12 heavy (non-hydrogen) atoms. The van der Waals surface area contributed by atoms with Gasteiger partial charge in [0.05, 0.1) is 11.8 Å². The molecule has 68 valence electrons. The number of aromatic nitrogens is 1. The molecule has 0 aliphatic carbocycles. The molecule has 3 nitrogen and oxygen atoms in total. The van der Waals surface area contributed by atoms with Gasteiger partial charge in [0.25, 0.3) is 0 Å². The maximum absolute atomic E-state index is 9.08. The molecule has 0 radical (unpaired) electrons. The van der Waals surface area contributed by atoms with Crippen molar-refractivity contribution < 1.29 is 9.63 Å². The topological polar surface area (TPSA) is 46.3 Å². The Morgan fingerprint density at radius 2 is 2.17 bits per heavy atom. The number of nitrogens with zero attached hydrogens (tertiary/aromatic N) is 1. The van der Waals surface area contributed by atoms with E-state index in [1.54, 1.807) is 6.92 Å². The lowest BCUT2D eigenvalue weighted by molar-refractivity contribution is 0.184. The molecule has 1 atom stereocenters. The first-order valence-electron chi connectivity index (χ1n) is 4.21. The molecule has 3 heteroatoms. The van der Waals surface area contributed by atoms with Gasteiger partial charge in [0.15, 0.2) is 0 Å². The fourth-order valence-corrected chi connectivity index (χ4v) is 1.21. The minimum absolute atomic E-state index is 0.251. The molecular formula is C9H15NO2. The van der Waals surface area contributed by atoms with Gasteiger partial charge < -0.3 is 9.63 Å². The Labute approximate surface area is 72.4 Å². The van der Waals surface area contributed by atoms with E-state index < -0.39 is 0 Å². The molecule has 0 aromatic carbocycles. The Bertz CT molecular complexity index is 234. The summed E-state index contributed by atoms with van der Waals surface area (Å²) >= 11 is 0. The predicted octanol–water partition coefficient (Wildman–Crippen LogP) is 1.60. The van der Waals surface area contributed by atoms with Crippen molar-refractivity contribution in [2.24, 2.45) is 0 Å². The maximum Gasteiger partial charge on any atom is 0.137 e. The van der Waals surface area contributed by atoms with Crippen LogP contribution in [0.3, 0.4) is 0 Å². The molecule has 0 aliphatic rings. The lowest BCUT2D eigenvalue weighted by Gasteiger charge is -2.02. The van der Waals surface area contributed by atoms with Crippen LogP contribution in [0, 0.1) is 13.8 Å². The molecule has 1 aromatic rings. The number of rotatable bonds is 3. The predicted molar refractivity (Wildman–Crippen MR) is 46.0 cm³/mol. The van der Waals surface area contributed by atoms with E-state index in [4.69, 9.17) is 9.63 Å². The molecule has 0 amide bonds. The van der Waals surface area contributed by atoms with Gasteiger partial charge in [-0.15, -0.1) is 0 Å². The summed E-state index contributed by atoms with van der Waals surface area (Å²) in [7, 11) is 0. The fraction of sp³-hybridized carbons (Fsp3) is 0.667. The number of aryl methyl sites for hydroxylation is 2. The Hall–Kier alpha value is -0.830. The highest BCUT2D eigenvalue weighted by atomic mass is 16.5. The third-order valence-corrected chi connectivity index (χ3v) is 1.99. The van der Waals surface area contributed by atoms with Crippen molar-refractivity contribution in [1.29, 1.82) is 0 Å². The lowest BCUT2D eigenvalue weighted by atomic mass is 10.1. The van der Waals surface area contributed by atoms with Crippen LogP contribution in [-0.2, 0) is 6.42 Å². The molecule has 1 aromatic heterocycles. The third kappa shape index (κ3) is 2.08. The van der Waals surface area contributed by atoms with Crippen LogP contribution in [0.15, 0.2) is 4.52 Å². The van der Waals surface area contributed by atoms with Gasteiger partial charge in [-0.2, -0.15) is 0 Å². The van der Waals surface area contributed by atoms with Crippen LogP contribution < -0.4 is 0 Å². The summed E-state index contributed by atoms with van der Waals surface area (Å²) in [5.41, 5.74) is 2.07. The van der Waals surface area contributed by atoms with Crippen molar-refractivity contribution >= 4 is 0 Å². The second-order valence-electron chi connectivity index (χ2n) is 3.19. The monoisotopic (exact) mass is 169 g/mol. The highest BCUT2D eigenvalue weighted by Gasteiger charge is 2.09. The quantitative estimate of drug-likeness (QED) is 0.747. The summed E-state index contributed by atoms with van der Waals surface area (Å²) < 4.78 is 5.00. The smallest absolute Gasteiger partial charge is 0.137 e. The minimum Gasteiger partial charge on any atom is -0.393 e. The molecule has 0 bridgehead atoms. The summed E-state index contributed by atoms with van der Waals surface area (Å²) in [6.07, 6.45) is 1.36. The van der Waals surface area contributed by atoms with Gasteiger partial charge in [0.2, 0.25) is 0 Å². The Balaban J connectivity index is 2.62. The van der Waals surface area contributed by atoms with E-state index in [2.05, 4.69) is 5.16 Å². The zero-order valence-electron chi connectivity index (χ0n) is 7.79. The third-order valence-electron chi connectivity index (χ3n) is 1.99. The molecule has 0 saturated heterocycles. The molecular weight excluding hydrogens is 154 g/mol. The first-order chi connectivity index (χ1) is 5.61. The van der Waals surface area contributed by atoms with Gasteiger partial charge in [-0.25, -0.2) is 0 Å². The number of aliphatic hydroxyl groups is 1. The Morgan fingerprint density at radius 3 is 2.58 bits per heavy atom. The normalized spacial score (nSPS) is 13.3. The van der Waals surface area contributed by atoms with Crippen LogP contribution in [0.2, 0.25) is 0 Å². The van der Waals surface area contributed by atoms with E-state index >= 15 is 0 Å². The average Bonchev–Trinajstić information content (AvgIpc) is 2.28. The van der Waals surface area contributed by atoms with Crippen LogP contribution in [-0.4, -0.2) is 16.4 Å². The Kier molecular flexibility index (Phi) is 2.87. The van der Waals surface area contributed by atoms with Crippen LogP contribution in [0.1, 0.15) is 30.4 Å². The summed E-state index contributed by atoms with van der Waals surface area (Å²) in [5, 5.41) is 12.9. The van der Waals surface area contributed by atoms with E-state index in [9.17, 15) is 0 Å². The molecule has 0 spiro atoms. The van der Waals surface area contributed by atoms with Gasteiger partial charge in [0, 0.05) is 5.56 Å². The van der Waals surface area contributed by atoms with Crippen molar-refractivity contribution in [3.05, 3.63) is 17.0 Å². The van der Waals surface area contributed by atoms with Gasteiger partial charge in [0.1, 0.15) is 5.76 Å². The van der Waals surface area contributed by atoms with Gasteiger partial charge in [-0.3, -0.25) is 0 Å². The van der Waals surface area contributed by atoms with Crippen molar-refractivity contribution in [3.8, 4) is 0 Å². The summed E-state index contributed by atoms with van der Waals surface area (Å²) in [5.74, 6) is 0.869. The minimum atomic E-state index is -0.251. The van der Waals surface area contributed by atoms with Gasteiger partial charge in [-0.05, 0) is 33.6 Å². The Morgan fingerprint density at radius 1 is 1.50 bits per heavy atom. The van der Waals surface area contributed by atoms with E-state index in [0.29, 0.717) is 0 Å². The fourth-order valence-electron chi connectivity index (χ4n) is 1.21. The molecule has 1 unspecified atom stereocenters. The highest BCUT2D eigenvalue weighted by Crippen LogP contribution is 2.14. The van der Waals surface area contributed by atoms with Crippen LogP contribution in [0.5, 0.6) is 0 Å². The van der Waals surface area contributed by atoms with Crippen LogP contribution in [0.25, 0.3) is 0 Å². The molecule has 1 rings (SSSR count). The zero-order chi connectivity index (χ0) is 9.14. The first kappa shape index (κ1) is 9.26. The highest BCUT2D eigenvalue weighted by molar-refractivity contribution is 5.20. The second kappa shape index (κ2) is 3.72. The van der Waals surface area contributed by atoms with Crippen molar-refractivity contribution in [2.45, 2.75) is 39.7 Å². The molecule has 1 heterocycles. The maximum atomic E-state index is 9.08. The van der Waals surface area contributed by atoms with E-state index in [0.717, 1.165) is 29.9 Å². The molecule has 0 fully saturated rings. The van der Waals surface area contributed by atoms with Crippen molar-refractivity contribution in [3.63, 3.8) is 0 Å². The summed E-state index contributed by atoms with van der Waals surface area (Å²) in [4.78, 5) is 0. The average molecular weight is 169 g/mol. The van der Waals surface area contributed by atoms with Gasteiger partial charge >= 0.3 is 0 Å². The molecule has 1 N–H and O–H groups in total.